The number of carbonyl (C=O) groups excluding carboxylic acids is 1. The standard InChI is InChI=1S/C15H17ClN4OS/c1-10-11(2)22-15(18-10)20-7-5-19(6-8-20)14(21)13-9-12(16)3-4-17-13/h3-4,9H,5-8H2,1-2H3. The number of pyridine rings is 1. The number of rotatable bonds is 2. The lowest BCUT2D eigenvalue weighted by atomic mass is 10.2. The molecule has 7 heteroatoms. The second-order valence-electron chi connectivity index (χ2n) is 5.28. The van der Waals surface area contributed by atoms with Crippen LogP contribution >= 0.6 is 22.9 Å². The molecule has 2 aromatic heterocycles. The van der Waals surface area contributed by atoms with Crippen LogP contribution in [0.5, 0.6) is 0 Å². The maximum absolute atomic E-state index is 12.4. The molecule has 0 atom stereocenters. The lowest BCUT2D eigenvalue weighted by Gasteiger charge is -2.34. The zero-order valence-electron chi connectivity index (χ0n) is 12.5. The van der Waals surface area contributed by atoms with Gasteiger partial charge in [0.05, 0.1) is 5.69 Å². The van der Waals surface area contributed by atoms with Gasteiger partial charge in [0.25, 0.3) is 5.91 Å². The maximum atomic E-state index is 12.4. The number of thiazole rings is 1. The third kappa shape index (κ3) is 3.08. The minimum Gasteiger partial charge on any atom is -0.345 e. The lowest BCUT2D eigenvalue weighted by molar-refractivity contribution is 0.0741. The van der Waals surface area contributed by atoms with Gasteiger partial charge in [0, 0.05) is 42.3 Å². The molecule has 1 amide bonds. The van der Waals surface area contributed by atoms with Crippen molar-refractivity contribution < 1.29 is 4.79 Å². The van der Waals surface area contributed by atoms with E-state index >= 15 is 0 Å². The number of halogens is 1. The number of nitrogens with zero attached hydrogens (tertiary/aromatic N) is 4. The van der Waals surface area contributed by atoms with Crippen LogP contribution in [0, 0.1) is 13.8 Å². The molecule has 1 saturated heterocycles. The first-order chi connectivity index (χ1) is 10.5. The van der Waals surface area contributed by atoms with E-state index in [1.54, 1.807) is 29.7 Å². The number of hydrogen-bond acceptors (Lipinski definition) is 5. The van der Waals surface area contributed by atoms with Crippen molar-refractivity contribution in [2.75, 3.05) is 31.1 Å². The topological polar surface area (TPSA) is 49.3 Å². The molecule has 1 aliphatic heterocycles. The van der Waals surface area contributed by atoms with E-state index in [-0.39, 0.29) is 5.91 Å². The molecule has 3 rings (SSSR count). The summed E-state index contributed by atoms with van der Waals surface area (Å²) in [6.45, 7) is 7.04. The summed E-state index contributed by atoms with van der Waals surface area (Å²) in [5.74, 6) is -0.0614. The van der Waals surface area contributed by atoms with Crippen LogP contribution in [-0.2, 0) is 0 Å². The average Bonchev–Trinajstić information content (AvgIpc) is 2.86. The van der Waals surface area contributed by atoms with Crippen LogP contribution in [0.3, 0.4) is 0 Å². The molecule has 0 radical (unpaired) electrons. The Morgan fingerprint density at radius 2 is 2.00 bits per heavy atom. The van der Waals surface area contributed by atoms with Gasteiger partial charge < -0.3 is 9.80 Å². The predicted molar refractivity (Wildman–Crippen MR) is 89.0 cm³/mol. The van der Waals surface area contributed by atoms with Gasteiger partial charge in [-0.05, 0) is 26.0 Å². The molecule has 2 aromatic rings. The highest BCUT2D eigenvalue weighted by molar-refractivity contribution is 7.15. The van der Waals surface area contributed by atoms with E-state index in [9.17, 15) is 4.79 Å². The SMILES string of the molecule is Cc1nc(N2CCN(C(=O)c3cc(Cl)ccn3)CC2)sc1C. The van der Waals surface area contributed by atoms with Crippen molar-refractivity contribution in [1.29, 1.82) is 0 Å². The zero-order chi connectivity index (χ0) is 15.7. The highest BCUT2D eigenvalue weighted by Gasteiger charge is 2.24. The molecule has 116 valence electrons. The molecular weight excluding hydrogens is 320 g/mol. The van der Waals surface area contributed by atoms with Gasteiger partial charge in [-0.25, -0.2) is 4.98 Å². The summed E-state index contributed by atoms with van der Waals surface area (Å²) in [5.41, 5.74) is 1.49. The lowest BCUT2D eigenvalue weighted by Crippen LogP contribution is -2.49. The molecule has 0 saturated carbocycles. The second-order valence-corrected chi connectivity index (χ2v) is 6.89. The van der Waals surface area contributed by atoms with Crippen LogP contribution in [0.4, 0.5) is 5.13 Å². The van der Waals surface area contributed by atoms with Crippen LogP contribution in [0.25, 0.3) is 0 Å². The van der Waals surface area contributed by atoms with E-state index in [0.717, 1.165) is 23.9 Å². The van der Waals surface area contributed by atoms with Crippen LogP contribution in [0.1, 0.15) is 21.1 Å². The van der Waals surface area contributed by atoms with Crippen molar-refractivity contribution >= 4 is 34.0 Å². The largest absolute Gasteiger partial charge is 0.345 e. The molecule has 0 aliphatic carbocycles. The Hall–Kier alpha value is -1.66. The molecule has 1 aliphatic rings. The Morgan fingerprint density at radius 3 is 2.59 bits per heavy atom. The zero-order valence-corrected chi connectivity index (χ0v) is 14.1. The summed E-state index contributed by atoms with van der Waals surface area (Å²) in [6.07, 6.45) is 1.56. The summed E-state index contributed by atoms with van der Waals surface area (Å²) in [7, 11) is 0. The molecule has 0 N–H and O–H groups in total. The van der Waals surface area contributed by atoms with Crippen LogP contribution < -0.4 is 4.90 Å². The van der Waals surface area contributed by atoms with E-state index in [0.29, 0.717) is 23.8 Å². The first-order valence-electron chi connectivity index (χ1n) is 7.14. The van der Waals surface area contributed by atoms with Gasteiger partial charge in [-0.2, -0.15) is 0 Å². The molecule has 22 heavy (non-hydrogen) atoms. The molecule has 5 nitrogen and oxygen atoms in total. The van der Waals surface area contributed by atoms with Crippen molar-refractivity contribution in [1.82, 2.24) is 14.9 Å². The fourth-order valence-corrected chi connectivity index (χ4v) is 3.50. The van der Waals surface area contributed by atoms with Gasteiger partial charge in [-0.1, -0.05) is 11.6 Å². The molecule has 0 unspecified atom stereocenters. The Balaban J connectivity index is 1.65. The quantitative estimate of drug-likeness (QED) is 0.846. The Morgan fingerprint density at radius 1 is 1.27 bits per heavy atom. The first-order valence-corrected chi connectivity index (χ1v) is 8.34. The number of carbonyl (C=O) groups is 1. The van der Waals surface area contributed by atoms with E-state index in [1.807, 2.05) is 11.8 Å². The highest BCUT2D eigenvalue weighted by Crippen LogP contribution is 2.26. The maximum Gasteiger partial charge on any atom is 0.272 e. The second kappa shape index (κ2) is 6.22. The fraction of sp³-hybridized carbons (Fsp3) is 0.400. The highest BCUT2D eigenvalue weighted by atomic mass is 35.5. The van der Waals surface area contributed by atoms with E-state index < -0.39 is 0 Å². The van der Waals surface area contributed by atoms with Gasteiger partial charge >= 0.3 is 0 Å². The molecule has 0 aromatic carbocycles. The monoisotopic (exact) mass is 336 g/mol. The number of anilines is 1. The van der Waals surface area contributed by atoms with E-state index in [1.165, 1.54) is 4.88 Å². The van der Waals surface area contributed by atoms with Crippen molar-refractivity contribution in [3.05, 3.63) is 39.6 Å². The number of piperazine rings is 1. The number of hydrogen-bond donors (Lipinski definition) is 0. The first kappa shape index (κ1) is 15.2. The van der Waals surface area contributed by atoms with Gasteiger partial charge in [0.1, 0.15) is 5.69 Å². The van der Waals surface area contributed by atoms with Crippen molar-refractivity contribution in [2.45, 2.75) is 13.8 Å². The Kier molecular flexibility index (Phi) is 4.31. The summed E-state index contributed by atoms with van der Waals surface area (Å²) in [5, 5.41) is 1.58. The molecular formula is C15H17ClN4OS. The minimum absolute atomic E-state index is 0.0614. The van der Waals surface area contributed by atoms with Crippen molar-refractivity contribution in [3.63, 3.8) is 0 Å². The normalized spacial score (nSPS) is 15.2. The van der Waals surface area contributed by atoms with Crippen LogP contribution in [0.2, 0.25) is 5.02 Å². The summed E-state index contributed by atoms with van der Waals surface area (Å²) in [6, 6.07) is 3.28. The average molecular weight is 337 g/mol. The minimum atomic E-state index is -0.0614. The Labute approximate surface area is 138 Å². The number of amides is 1. The summed E-state index contributed by atoms with van der Waals surface area (Å²) < 4.78 is 0. The number of aryl methyl sites for hydroxylation is 2. The van der Waals surface area contributed by atoms with Gasteiger partial charge in [0.15, 0.2) is 5.13 Å². The molecule has 0 spiro atoms. The van der Waals surface area contributed by atoms with E-state index in [4.69, 9.17) is 11.6 Å². The third-order valence-electron chi connectivity index (χ3n) is 3.80. The smallest absolute Gasteiger partial charge is 0.272 e. The Bertz CT molecular complexity index is 675. The summed E-state index contributed by atoms with van der Waals surface area (Å²) >= 11 is 7.63. The molecule has 0 bridgehead atoms. The van der Waals surface area contributed by atoms with Crippen LogP contribution in [0.15, 0.2) is 18.3 Å². The van der Waals surface area contributed by atoms with Gasteiger partial charge in [-0.15, -0.1) is 11.3 Å². The molecule has 1 fully saturated rings. The van der Waals surface area contributed by atoms with E-state index in [2.05, 4.69) is 21.8 Å². The van der Waals surface area contributed by atoms with Gasteiger partial charge in [0.2, 0.25) is 0 Å². The van der Waals surface area contributed by atoms with Crippen LogP contribution in [-0.4, -0.2) is 47.0 Å². The molecule has 3 heterocycles. The third-order valence-corrected chi connectivity index (χ3v) is 5.16. The fourth-order valence-electron chi connectivity index (χ4n) is 2.38. The van der Waals surface area contributed by atoms with Crippen molar-refractivity contribution in [2.24, 2.45) is 0 Å². The van der Waals surface area contributed by atoms with Gasteiger partial charge in [-0.3, -0.25) is 9.78 Å². The summed E-state index contributed by atoms with van der Waals surface area (Å²) in [4.78, 5) is 26.4. The number of aromatic nitrogens is 2. The predicted octanol–water partition coefficient (Wildman–Crippen LogP) is 2.77. The van der Waals surface area contributed by atoms with Crippen molar-refractivity contribution in [3.8, 4) is 0 Å².